The maximum Gasteiger partial charge on any atom is 0.339 e. The first-order valence-corrected chi connectivity index (χ1v) is 8.54. The molecule has 1 N–H and O–H groups in total. The second-order valence-corrected chi connectivity index (χ2v) is 5.69. The van der Waals surface area contributed by atoms with E-state index in [2.05, 4.69) is 10.1 Å². The van der Waals surface area contributed by atoms with Gasteiger partial charge in [-0.3, -0.25) is 14.9 Å². The Hall–Kier alpha value is -3.68. The van der Waals surface area contributed by atoms with Gasteiger partial charge in [-0.25, -0.2) is 4.79 Å². The number of benzene rings is 2. The van der Waals surface area contributed by atoms with Gasteiger partial charge in [0.15, 0.2) is 5.75 Å². The third-order valence-electron chi connectivity index (χ3n) is 3.66. The third-order valence-corrected chi connectivity index (χ3v) is 3.66. The standard InChI is InChI=1S/C20H20N2O6/c1-3-12-28-18-10-8-14(13-17(18)22(25)26)9-11-19(23)21-16-7-5-4-6-15(16)20(24)27-2/h4-11,13H,3,12H2,1-2H3,(H,21,23)/b11-9+. The summed E-state index contributed by atoms with van der Waals surface area (Å²) < 4.78 is 10.0. The van der Waals surface area contributed by atoms with Crippen LogP contribution >= 0.6 is 0 Å². The van der Waals surface area contributed by atoms with Crippen LogP contribution in [0.25, 0.3) is 6.08 Å². The lowest BCUT2D eigenvalue weighted by Gasteiger charge is -2.08. The highest BCUT2D eigenvalue weighted by molar-refractivity contribution is 6.06. The van der Waals surface area contributed by atoms with Crippen LogP contribution in [0, 0.1) is 10.1 Å². The van der Waals surface area contributed by atoms with Crippen molar-refractivity contribution >= 4 is 29.3 Å². The molecule has 146 valence electrons. The van der Waals surface area contributed by atoms with Crippen LogP contribution < -0.4 is 10.1 Å². The number of methoxy groups -OCH3 is 1. The molecule has 0 spiro atoms. The van der Waals surface area contributed by atoms with Crippen LogP contribution in [0.4, 0.5) is 11.4 Å². The van der Waals surface area contributed by atoms with Crippen LogP contribution in [0.5, 0.6) is 5.75 Å². The highest BCUT2D eigenvalue weighted by atomic mass is 16.6. The molecule has 0 unspecified atom stereocenters. The van der Waals surface area contributed by atoms with Gasteiger partial charge >= 0.3 is 11.7 Å². The molecule has 0 radical (unpaired) electrons. The van der Waals surface area contributed by atoms with Gasteiger partial charge in [-0.05, 0) is 36.3 Å². The molecule has 2 aromatic carbocycles. The SMILES string of the molecule is CCCOc1ccc(/C=C/C(=O)Nc2ccccc2C(=O)OC)cc1[N+](=O)[O-]. The molecule has 0 aromatic heterocycles. The molecule has 0 saturated carbocycles. The van der Waals surface area contributed by atoms with E-state index in [1.807, 2.05) is 6.92 Å². The van der Waals surface area contributed by atoms with Crippen molar-refractivity contribution in [3.63, 3.8) is 0 Å². The molecule has 0 heterocycles. The summed E-state index contributed by atoms with van der Waals surface area (Å²) >= 11 is 0. The Bertz CT molecular complexity index is 907. The zero-order valence-electron chi connectivity index (χ0n) is 15.5. The minimum atomic E-state index is -0.571. The Morgan fingerprint density at radius 2 is 1.96 bits per heavy atom. The van der Waals surface area contributed by atoms with Crippen molar-refractivity contribution in [2.45, 2.75) is 13.3 Å². The lowest BCUT2D eigenvalue weighted by atomic mass is 10.1. The number of ether oxygens (including phenoxy) is 2. The molecule has 0 aliphatic carbocycles. The van der Waals surface area contributed by atoms with E-state index in [-0.39, 0.29) is 17.0 Å². The number of nitrogens with zero attached hydrogens (tertiary/aromatic N) is 1. The van der Waals surface area contributed by atoms with Crippen LogP contribution in [0.15, 0.2) is 48.5 Å². The minimum absolute atomic E-state index is 0.174. The second kappa shape index (κ2) is 9.86. The fourth-order valence-electron chi connectivity index (χ4n) is 2.34. The van der Waals surface area contributed by atoms with Gasteiger partial charge in [-0.1, -0.05) is 25.1 Å². The van der Waals surface area contributed by atoms with Gasteiger partial charge in [0.2, 0.25) is 5.91 Å². The summed E-state index contributed by atoms with van der Waals surface area (Å²) in [6.07, 6.45) is 3.39. The number of nitro benzene ring substituents is 1. The number of carbonyl (C=O) groups is 2. The van der Waals surface area contributed by atoms with Gasteiger partial charge in [-0.15, -0.1) is 0 Å². The summed E-state index contributed by atoms with van der Waals surface area (Å²) in [6, 6.07) is 10.9. The summed E-state index contributed by atoms with van der Waals surface area (Å²) in [5.41, 5.74) is 0.817. The quantitative estimate of drug-likeness (QED) is 0.321. The summed E-state index contributed by atoms with van der Waals surface area (Å²) in [7, 11) is 1.25. The van der Waals surface area contributed by atoms with Crippen molar-refractivity contribution in [1.82, 2.24) is 0 Å². The molecule has 0 aliphatic heterocycles. The minimum Gasteiger partial charge on any atom is -0.487 e. The maximum absolute atomic E-state index is 12.2. The lowest BCUT2D eigenvalue weighted by Crippen LogP contribution is -2.12. The fourth-order valence-corrected chi connectivity index (χ4v) is 2.34. The van der Waals surface area contributed by atoms with Crippen LogP contribution in [-0.4, -0.2) is 30.5 Å². The largest absolute Gasteiger partial charge is 0.487 e. The molecule has 0 aliphatic rings. The molecule has 2 aromatic rings. The highest BCUT2D eigenvalue weighted by Gasteiger charge is 2.15. The van der Waals surface area contributed by atoms with E-state index in [0.29, 0.717) is 17.9 Å². The van der Waals surface area contributed by atoms with Gasteiger partial charge in [0, 0.05) is 12.1 Å². The first-order valence-electron chi connectivity index (χ1n) is 8.54. The van der Waals surface area contributed by atoms with Crippen molar-refractivity contribution in [3.05, 3.63) is 69.8 Å². The number of para-hydroxylation sites is 1. The second-order valence-electron chi connectivity index (χ2n) is 5.69. The monoisotopic (exact) mass is 384 g/mol. The van der Waals surface area contributed by atoms with Gasteiger partial charge in [0.25, 0.3) is 0 Å². The molecule has 8 nitrogen and oxygen atoms in total. The smallest absolute Gasteiger partial charge is 0.339 e. The highest BCUT2D eigenvalue weighted by Crippen LogP contribution is 2.28. The van der Waals surface area contributed by atoms with Crippen LogP contribution in [0.1, 0.15) is 29.3 Å². The Balaban J connectivity index is 2.15. The van der Waals surface area contributed by atoms with E-state index in [0.717, 1.165) is 6.42 Å². The van der Waals surface area contributed by atoms with Crippen molar-refractivity contribution in [2.24, 2.45) is 0 Å². The summed E-state index contributed by atoms with van der Waals surface area (Å²) in [6.45, 7) is 2.28. The zero-order chi connectivity index (χ0) is 20.5. The van der Waals surface area contributed by atoms with Crippen LogP contribution in [-0.2, 0) is 9.53 Å². The van der Waals surface area contributed by atoms with E-state index in [1.54, 1.807) is 24.3 Å². The summed E-state index contributed by atoms with van der Waals surface area (Å²) in [5.74, 6) is -0.885. The van der Waals surface area contributed by atoms with E-state index in [9.17, 15) is 19.7 Å². The molecule has 1 amide bonds. The van der Waals surface area contributed by atoms with Gasteiger partial charge in [-0.2, -0.15) is 0 Å². The molecule has 0 saturated heterocycles. The average molecular weight is 384 g/mol. The Labute approximate surface area is 161 Å². The van der Waals surface area contributed by atoms with Crippen molar-refractivity contribution in [1.29, 1.82) is 0 Å². The number of esters is 1. The molecular weight excluding hydrogens is 364 g/mol. The predicted molar refractivity (Wildman–Crippen MR) is 104 cm³/mol. The number of amides is 1. The molecule has 0 fully saturated rings. The Kier molecular flexibility index (Phi) is 7.27. The summed E-state index contributed by atoms with van der Waals surface area (Å²) in [5, 5.41) is 13.8. The number of rotatable bonds is 8. The van der Waals surface area contributed by atoms with Gasteiger partial charge < -0.3 is 14.8 Å². The van der Waals surface area contributed by atoms with E-state index in [1.165, 1.54) is 37.5 Å². The van der Waals surface area contributed by atoms with Crippen molar-refractivity contribution in [3.8, 4) is 5.75 Å². The van der Waals surface area contributed by atoms with E-state index < -0.39 is 16.8 Å². The predicted octanol–water partition coefficient (Wildman–Crippen LogP) is 3.82. The lowest BCUT2D eigenvalue weighted by molar-refractivity contribution is -0.385. The van der Waals surface area contributed by atoms with E-state index in [4.69, 9.17) is 4.74 Å². The molecule has 0 bridgehead atoms. The number of nitro groups is 1. The van der Waals surface area contributed by atoms with Gasteiger partial charge in [0.05, 0.1) is 29.9 Å². The number of anilines is 1. The first kappa shape index (κ1) is 20.6. The van der Waals surface area contributed by atoms with E-state index >= 15 is 0 Å². The average Bonchev–Trinajstić information content (AvgIpc) is 2.70. The number of hydrogen-bond acceptors (Lipinski definition) is 6. The Morgan fingerprint density at radius 3 is 2.64 bits per heavy atom. The molecule has 8 heteroatoms. The van der Waals surface area contributed by atoms with Crippen molar-refractivity contribution < 1.29 is 24.0 Å². The molecule has 2 rings (SSSR count). The summed E-state index contributed by atoms with van der Waals surface area (Å²) in [4.78, 5) is 34.6. The normalized spacial score (nSPS) is 10.5. The third kappa shape index (κ3) is 5.41. The molecule has 28 heavy (non-hydrogen) atoms. The van der Waals surface area contributed by atoms with Gasteiger partial charge in [0.1, 0.15) is 0 Å². The number of nitrogens with one attached hydrogen (secondary N) is 1. The fraction of sp³-hybridized carbons (Fsp3) is 0.200. The Morgan fingerprint density at radius 1 is 1.21 bits per heavy atom. The van der Waals surface area contributed by atoms with Crippen molar-refractivity contribution in [2.75, 3.05) is 19.0 Å². The zero-order valence-corrected chi connectivity index (χ0v) is 15.5. The molecular formula is C20H20N2O6. The van der Waals surface area contributed by atoms with Crippen LogP contribution in [0.2, 0.25) is 0 Å². The molecule has 0 atom stereocenters. The maximum atomic E-state index is 12.2. The first-order chi connectivity index (χ1) is 13.5. The topological polar surface area (TPSA) is 108 Å². The number of carbonyl (C=O) groups excluding carboxylic acids is 2. The number of hydrogen-bond donors (Lipinski definition) is 1. The van der Waals surface area contributed by atoms with Crippen LogP contribution in [0.3, 0.4) is 0 Å².